The lowest BCUT2D eigenvalue weighted by atomic mass is 10.3. The molecule has 0 saturated carbocycles. The summed E-state index contributed by atoms with van der Waals surface area (Å²) in [6, 6.07) is 0. The van der Waals surface area contributed by atoms with Crippen molar-refractivity contribution in [3.8, 4) is 11.4 Å². The van der Waals surface area contributed by atoms with E-state index in [2.05, 4.69) is 25.1 Å². The third kappa shape index (κ3) is 2.26. The van der Waals surface area contributed by atoms with Gasteiger partial charge in [-0.05, 0) is 6.42 Å². The minimum absolute atomic E-state index is 0.0577. The number of rotatable bonds is 3. The van der Waals surface area contributed by atoms with Crippen molar-refractivity contribution >= 4 is 11.2 Å². The first-order valence-electron chi connectivity index (χ1n) is 6.48. The Morgan fingerprint density at radius 1 is 1.32 bits per heavy atom. The predicted octanol–water partition coefficient (Wildman–Crippen LogP) is 1.94. The topological polar surface area (TPSA) is 92.2 Å². The third-order valence-corrected chi connectivity index (χ3v) is 3.08. The van der Waals surface area contributed by atoms with Crippen molar-refractivity contribution in [2.45, 2.75) is 26.1 Å². The maximum absolute atomic E-state index is 13.1. The molecular formula is C12H11F3N6O. The van der Waals surface area contributed by atoms with Crippen molar-refractivity contribution in [1.82, 2.24) is 29.7 Å². The molecule has 0 aliphatic carbocycles. The summed E-state index contributed by atoms with van der Waals surface area (Å²) in [4.78, 5) is 22.5. The second-order valence-electron chi connectivity index (χ2n) is 4.66. The fraction of sp³-hybridized carbons (Fsp3) is 0.333. The number of halogens is 3. The lowest BCUT2D eigenvalue weighted by molar-refractivity contribution is -0.148. The van der Waals surface area contributed by atoms with E-state index in [9.17, 15) is 18.0 Å². The summed E-state index contributed by atoms with van der Waals surface area (Å²) in [5.41, 5.74) is -0.590. The van der Waals surface area contributed by atoms with Crippen LogP contribution in [0.4, 0.5) is 13.2 Å². The Balaban J connectivity index is 2.28. The minimum Gasteiger partial charge on any atom is -0.332 e. The SMILES string of the molecule is CCCn1c(C(F)(F)F)nc2nc(-c3cn[nH]c3)[nH]c2c1=O. The Morgan fingerprint density at radius 2 is 2.09 bits per heavy atom. The zero-order chi connectivity index (χ0) is 15.9. The molecule has 116 valence electrons. The van der Waals surface area contributed by atoms with Crippen LogP contribution in [0, 0.1) is 0 Å². The van der Waals surface area contributed by atoms with Gasteiger partial charge in [0.2, 0.25) is 5.82 Å². The monoisotopic (exact) mass is 312 g/mol. The number of hydrogen-bond donors (Lipinski definition) is 2. The van der Waals surface area contributed by atoms with E-state index in [0.29, 0.717) is 16.6 Å². The van der Waals surface area contributed by atoms with Crippen molar-refractivity contribution in [2.24, 2.45) is 0 Å². The van der Waals surface area contributed by atoms with Crippen LogP contribution in [0.5, 0.6) is 0 Å². The van der Waals surface area contributed by atoms with Crippen LogP contribution in [0.25, 0.3) is 22.6 Å². The molecule has 0 bridgehead atoms. The molecule has 3 aromatic heterocycles. The zero-order valence-corrected chi connectivity index (χ0v) is 11.4. The van der Waals surface area contributed by atoms with Crippen LogP contribution in [0.1, 0.15) is 19.2 Å². The van der Waals surface area contributed by atoms with Gasteiger partial charge in [-0.1, -0.05) is 6.92 Å². The number of aromatic amines is 2. The number of imidazole rings is 1. The van der Waals surface area contributed by atoms with Gasteiger partial charge in [-0.3, -0.25) is 14.5 Å². The molecule has 0 unspecified atom stereocenters. The lowest BCUT2D eigenvalue weighted by Gasteiger charge is -2.12. The second-order valence-corrected chi connectivity index (χ2v) is 4.66. The molecular weight excluding hydrogens is 301 g/mol. The number of fused-ring (bicyclic) bond motifs is 1. The molecule has 0 spiro atoms. The highest BCUT2D eigenvalue weighted by Gasteiger charge is 2.37. The van der Waals surface area contributed by atoms with E-state index < -0.39 is 17.6 Å². The molecule has 0 saturated heterocycles. The maximum Gasteiger partial charge on any atom is 0.449 e. The normalized spacial score (nSPS) is 12.2. The quantitative estimate of drug-likeness (QED) is 0.773. The Bertz CT molecular complexity index is 861. The van der Waals surface area contributed by atoms with E-state index in [1.807, 2.05) is 0 Å². The number of alkyl halides is 3. The lowest BCUT2D eigenvalue weighted by Crippen LogP contribution is -2.30. The van der Waals surface area contributed by atoms with Gasteiger partial charge in [-0.25, -0.2) is 9.97 Å². The molecule has 7 nitrogen and oxygen atoms in total. The average Bonchev–Trinajstić information content (AvgIpc) is 3.08. The molecule has 0 fully saturated rings. The molecule has 0 aliphatic rings. The highest BCUT2D eigenvalue weighted by Crippen LogP contribution is 2.28. The van der Waals surface area contributed by atoms with Crippen LogP contribution >= 0.6 is 0 Å². The van der Waals surface area contributed by atoms with E-state index in [4.69, 9.17) is 0 Å². The van der Waals surface area contributed by atoms with Gasteiger partial charge in [0.05, 0.1) is 11.8 Å². The molecule has 2 N–H and O–H groups in total. The Kier molecular flexibility index (Phi) is 3.23. The first-order valence-corrected chi connectivity index (χ1v) is 6.48. The molecule has 0 aromatic carbocycles. The molecule has 3 heterocycles. The van der Waals surface area contributed by atoms with Crippen molar-refractivity contribution in [1.29, 1.82) is 0 Å². The van der Waals surface area contributed by atoms with Gasteiger partial charge in [-0.15, -0.1) is 0 Å². The summed E-state index contributed by atoms with van der Waals surface area (Å²) in [5.74, 6) is -1.01. The largest absolute Gasteiger partial charge is 0.449 e. The Hall–Kier alpha value is -2.65. The summed E-state index contributed by atoms with van der Waals surface area (Å²) in [6.07, 6.45) is -1.41. The standard InChI is InChI=1S/C12H11F3N6O/c1-2-3-21-10(22)7-9(20-11(21)12(13,14)15)19-8(18-7)6-4-16-17-5-6/h4-5H,2-3H2,1H3,(H,16,17)(H,18,19). The van der Waals surface area contributed by atoms with E-state index in [1.54, 1.807) is 6.92 Å². The van der Waals surface area contributed by atoms with Gasteiger partial charge < -0.3 is 4.98 Å². The van der Waals surface area contributed by atoms with Gasteiger partial charge in [0, 0.05) is 12.7 Å². The summed E-state index contributed by atoms with van der Waals surface area (Å²) < 4.78 is 39.9. The Morgan fingerprint density at radius 3 is 2.68 bits per heavy atom. The fourth-order valence-electron chi connectivity index (χ4n) is 2.15. The molecule has 22 heavy (non-hydrogen) atoms. The number of H-pyrrole nitrogens is 2. The summed E-state index contributed by atoms with van der Waals surface area (Å²) in [6.45, 7) is 1.61. The van der Waals surface area contributed by atoms with Crippen molar-refractivity contribution in [2.75, 3.05) is 0 Å². The van der Waals surface area contributed by atoms with Crippen LogP contribution in [0.2, 0.25) is 0 Å². The zero-order valence-electron chi connectivity index (χ0n) is 11.4. The highest BCUT2D eigenvalue weighted by molar-refractivity contribution is 5.74. The highest BCUT2D eigenvalue weighted by atomic mass is 19.4. The molecule has 3 rings (SSSR count). The average molecular weight is 312 g/mol. The van der Waals surface area contributed by atoms with E-state index >= 15 is 0 Å². The van der Waals surface area contributed by atoms with E-state index in [0.717, 1.165) is 0 Å². The van der Waals surface area contributed by atoms with Crippen molar-refractivity contribution < 1.29 is 13.2 Å². The van der Waals surface area contributed by atoms with Crippen molar-refractivity contribution in [3.63, 3.8) is 0 Å². The van der Waals surface area contributed by atoms with Crippen molar-refractivity contribution in [3.05, 3.63) is 28.6 Å². The van der Waals surface area contributed by atoms with Crippen LogP contribution in [0.15, 0.2) is 17.2 Å². The smallest absolute Gasteiger partial charge is 0.332 e. The van der Waals surface area contributed by atoms with E-state index in [-0.39, 0.29) is 23.5 Å². The number of aromatic nitrogens is 6. The van der Waals surface area contributed by atoms with Gasteiger partial charge in [0.1, 0.15) is 5.82 Å². The van der Waals surface area contributed by atoms with Gasteiger partial charge in [-0.2, -0.15) is 18.3 Å². The molecule has 3 aromatic rings. The first-order chi connectivity index (χ1) is 10.4. The van der Waals surface area contributed by atoms with E-state index in [1.165, 1.54) is 12.4 Å². The first kappa shape index (κ1) is 14.3. The molecule has 0 atom stereocenters. The Labute approximate surface area is 121 Å². The van der Waals surface area contributed by atoms with Crippen LogP contribution in [-0.2, 0) is 12.7 Å². The fourth-order valence-corrected chi connectivity index (χ4v) is 2.15. The number of nitrogens with one attached hydrogen (secondary N) is 2. The summed E-state index contributed by atoms with van der Waals surface area (Å²) >= 11 is 0. The third-order valence-electron chi connectivity index (χ3n) is 3.08. The molecule has 0 amide bonds. The molecule has 0 aliphatic heterocycles. The second kappa shape index (κ2) is 4.97. The van der Waals surface area contributed by atoms with Crippen LogP contribution in [-0.4, -0.2) is 29.7 Å². The van der Waals surface area contributed by atoms with Gasteiger partial charge in [0.15, 0.2) is 11.2 Å². The summed E-state index contributed by atoms with van der Waals surface area (Å²) in [7, 11) is 0. The predicted molar refractivity (Wildman–Crippen MR) is 71.0 cm³/mol. The molecule has 0 radical (unpaired) electrons. The van der Waals surface area contributed by atoms with Crippen LogP contribution < -0.4 is 5.56 Å². The van der Waals surface area contributed by atoms with Gasteiger partial charge in [0.25, 0.3) is 5.56 Å². The van der Waals surface area contributed by atoms with Crippen LogP contribution in [0.3, 0.4) is 0 Å². The van der Waals surface area contributed by atoms with Gasteiger partial charge >= 0.3 is 6.18 Å². The maximum atomic E-state index is 13.1. The number of hydrogen-bond acceptors (Lipinski definition) is 4. The minimum atomic E-state index is -4.72. The molecule has 10 heteroatoms. The summed E-state index contributed by atoms with van der Waals surface area (Å²) in [5, 5.41) is 6.29. The number of nitrogens with zero attached hydrogens (tertiary/aromatic N) is 4.